The van der Waals surface area contributed by atoms with Gasteiger partial charge in [-0.1, -0.05) is 68.4 Å². The quantitative estimate of drug-likeness (QED) is 0.466. The summed E-state index contributed by atoms with van der Waals surface area (Å²) in [5.74, 6) is -0.137. The van der Waals surface area contributed by atoms with Crippen molar-refractivity contribution in [2.75, 3.05) is 31.1 Å². The average molecular weight is 480 g/mol. The van der Waals surface area contributed by atoms with Gasteiger partial charge in [0.1, 0.15) is 11.4 Å². The average Bonchev–Trinajstić information content (AvgIpc) is 2.84. The topological polar surface area (TPSA) is 56.7 Å². The van der Waals surface area contributed by atoms with Gasteiger partial charge in [0, 0.05) is 38.9 Å². The molecule has 180 valence electrons. The number of carbonyl (C=O) groups is 1. The standard InChI is InChI=1S/C28H33N3O2.ClH/c1-21(2)25-14-15-29-27(26(25)28(32)33)31-18-16-30(17-19-31)20-24-12-10-23(11-13-24)9-8-22-6-4-3-5-7-22;/h3-7,10-15,21H,8-9,16-20H2,1-2H3,(H,32,33);1H. The molecule has 0 atom stereocenters. The number of pyridine rings is 1. The first-order valence-corrected chi connectivity index (χ1v) is 11.8. The van der Waals surface area contributed by atoms with E-state index >= 15 is 0 Å². The van der Waals surface area contributed by atoms with Crippen molar-refractivity contribution in [1.82, 2.24) is 9.88 Å². The Balaban J connectivity index is 0.00000324. The Kier molecular flexibility index (Phi) is 9.08. The lowest BCUT2D eigenvalue weighted by molar-refractivity contribution is 0.0695. The SMILES string of the molecule is CC(C)c1ccnc(N2CCN(Cc3ccc(CCc4ccccc4)cc3)CC2)c1C(=O)O.Cl. The van der Waals surface area contributed by atoms with E-state index in [1.165, 1.54) is 16.7 Å². The second-order valence-corrected chi connectivity index (χ2v) is 9.12. The van der Waals surface area contributed by atoms with Crippen LogP contribution in [-0.4, -0.2) is 47.1 Å². The van der Waals surface area contributed by atoms with E-state index < -0.39 is 5.97 Å². The smallest absolute Gasteiger partial charge is 0.339 e. The van der Waals surface area contributed by atoms with Gasteiger partial charge in [0.05, 0.1) is 0 Å². The molecule has 5 nitrogen and oxygen atoms in total. The van der Waals surface area contributed by atoms with Gasteiger partial charge in [0.25, 0.3) is 0 Å². The number of carboxylic acid groups (broad SMARTS) is 1. The minimum Gasteiger partial charge on any atom is -0.478 e. The first-order chi connectivity index (χ1) is 16.0. The number of hydrogen-bond donors (Lipinski definition) is 1. The molecule has 1 aliphatic rings. The van der Waals surface area contributed by atoms with Crippen molar-refractivity contribution >= 4 is 24.2 Å². The van der Waals surface area contributed by atoms with Gasteiger partial charge in [-0.2, -0.15) is 0 Å². The molecule has 1 aromatic heterocycles. The number of hydrogen-bond acceptors (Lipinski definition) is 4. The lowest BCUT2D eigenvalue weighted by Gasteiger charge is -2.36. The number of carboxylic acids is 1. The molecule has 1 fully saturated rings. The maximum Gasteiger partial charge on any atom is 0.339 e. The number of aromatic nitrogens is 1. The maximum absolute atomic E-state index is 12.0. The summed E-state index contributed by atoms with van der Waals surface area (Å²) in [6.07, 6.45) is 3.85. The van der Waals surface area contributed by atoms with Crippen LogP contribution in [0.25, 0.3) is 0 Å². The van der Waals surface area contributed by atoms with Crippen molar-refractivity contribution in [3.63, 3.8) is 0 Å². The minimum atomic E-state index is -0.892. The van der Waals surface area contributed by atoms with Crippen molar-refractivity contribution < 1.29 is 9.90 Å². The van der Waals surface area contributed by atoms with E-state index in [0.29, 0.717) is 11.4 Å². The highest BCUT2D eigenvalue weighted by Crippen LogP contribution is 2.28. The van der Waals surface area contributed by atoms with Crippen LogP contribution in [0.3, 0.4) is 0 Å². The number of nitrogens with zero attached hydrogens (tertiary/aromatic N) is 3. The molecule has 0 spiro atoms. The molecule has 4 rings (SSSR count). The van der Waals surface area contributed by atoms with Crippen LogP contribution in [0.2, 0.25) is 0 Å². The molecular formula is C28H34ClN3O2. The van der Waals surface area contributed by atoms with E-state index in [4.69, 9.17) is 0 Å². The summed E-state index contributed by atoms with van der Waals surface area (Å²) in [5.41, 5.74) is 5.26. The third-order valence-electron chi connectivity index (χ3n) is 6.45. The first-order valence-electron chi connectivity index (χ1n) is 11.8. The van der Waals surface area contributed by atoms with Gasteiger partial charge in [0.15, 0.2) is 0 Å². The normalized spacial score (nSPS) is 14.1. The predicted octanol–water partition coefficient (Wildman–Crippen LogP) is 5.43. The fraction of sp³-hybridized carbons (Fsp3) is 0.357. The Morgan fingerprint density at radius 2 is 1.47 bits per heavy atom. The molecule has 1 saturated heterocycles. The lowest BCUT2D eigenvalue weighted by atomic mass is 9.98. The van der Waals surface area contributed by atoms with E-state index in [2.05, 4.69) is 69.4 Å². The number of aromatic carboxylic acids is 1. The molecule has 0 bridgehead atoms. The number of halogens is 1. The molecule has 0 unspecified atom stereocenters. The fourth-order valence-corrected chi connectivity index (χ4v) is 4.53. The third-order valence-corrected chi connectivity index (χ3v) is 6.45. The summed E-state index contributed by atoms with van der Waals surface area (Å²) < 4.78 is 0. The molecule has 3 aromatic rings. The Labute approximate surface area is 208 Å². The molecule has 0 radical (unpaired) electrons. The van der Waals surface area contributed by atoms with Gasteiger partial charge >= 0.3 is 5.97 Å². The summed E-state index contributed by atoms with van der Waals surface area (Å²) >= 11 is 0. The molecule has 2 heterocycles. The molecule has 0 aliphatic carbocycles. The van der Waals surface area contributed by atoms with Crippen molar-refractivity contribution in [2.24, 2.45) is 0 Å². The summed E-state index contributed by atoms with van der Waals surface area (Å²) in [4.78, 5) is 21.0. The highest BCUT2D eigenvalue weighted by molar-refractivity contribution is 5.95. The zero-order chi connectivity index (χ0) is 23.2. The summed E-state index contributed by atoms with van der Waals surface area (Å²) in [7, 11) is 0. The monoisotopic (exact) mass is 479 g/mol. The lowest BCUT2D eigenvalue weighted by Crippen LogP contribution is -2.46. The van der Waals surface area contributed by atoms with Gasteiger partial charge in [-0.05, 0) is 47.1 Å². The highest BCUT2D eigenvalue weighted by atomic mass is 35.5. The summed E-state index contributed by atoms with van der Waals surface area (Å²) in [6.45, 7) is 8.31. The van der Waals surface area contributed by atoms with Crippen molar-refractivity contribution in [1.29, 1.82) is 0 Å². The highest BCUT2D eigenvalue weighted by Gasteiger charge is 2.25. The molecule has 0 saturated carbocycles. The molecular weight excluding hydrogens is 446 g/mol. The van der Waals surface area contributed by atoms with Crippen LogP contribution in [0.15, 0.2) is 66.9 Å². The number of benzene rings is 2. The second-order valence-electron chi connectivity index (χ2n) is 9.12. The molecule has 6 heteroatoms. The van der Waals surface area contributed by atoms with E-state index in [9.17, 15) is 9.90 Å². The van der Waals surface area contributed by atoms with Crippen molar-refractivity contribution in [3.8, 4) is 0 Å². The van der Waals surface area contributed by atoms with E-state index in [1.807, 2.05) is 19.9 Å². The van der Waals surface area contributed by atoms with Gasteiger partial charge < -0.3 is 10.0 Å². The number of piperazine rings is 1. The first kappa shape index (κ1) is 25.7. The van der Waals surface area contributed by atoms with E-state index in [0.717, 1.165) is 51.1 Å². The number of rotatable bonds is 8. The molecule has 2 aromatic carbocycles. The summed E-state index contributed by atoms with van der Waals surface area (Å²) in [5, 5.41) is 9.82. The molecule has 1 aliphatic heterocycles. The van der Waals surface area contributed by atoms with Gasteiger partial charge in [-0.25, -0.2) is 9.78 Å². The van der Waals surface area contributed by atoms with Crippen molar-refractivity contribution in [3.05, 3.63) is 94.7 Å². The van der Waals surface area contributed by atoms with Crippen LogP contribution in [0, 0.1) is 0 Å². The summed E-state index contributed by atoms with van der Waals surface area (Å²) in [6, 6.07) is 21.4. The van der Waals surface area contributed by atoms with Crippen LogP contribution in [-0.2, 0) is 19.4 Å². The Morgan fingerprint density at radius 3 is 2.06 bits per heavy atom. The Morgan fingerprint density at radius 1 is 0.882 bits per heavy atom. The van der Waals surface area contributed by atoms with Gasteiger partial charge in [0.2, 0.25) is 0 Å². The van der Waals surface area contributed by atoms with Gasteiger partial charge in [-0.3, -0.25) is 4.90 Å². The Hall–Kier alpha value is -2.89. The number of anilines is 1. The molecule has 1 N–H and O–H groups in total. The van der Waals surface area contributed by atoms with Crippen LogP contribution in [0.5, 0.6) is 0 Å². The maximum atomic E-state index is 12.0. The molecule has 0 amide bonds. The van der Waals surface area contributed by atoms with Gasteiger partial charge in [-0.15, -0.1) is 12.4 Å². The predicted molar refractivity (Wildman–Crippen MR) is 140 cm³/mol. The zero-order valence-corrected chi connectivity index (χ0v) is 20.8. The fourth-order valence-electron chi connectivity index (χ4n) is 4.53. The minimum absolute atomic E-state index is 0. The second kappa shape index (κ2) is 12.0. The van der Waals surface area contributed by atoms with E-state index in [1.54, 1.807) is 6.20 Å². The van der Waals surface area contributed by atoms with Crippen molar-refractivity contribution in [2.45, 2.75) is 39.2 Å². The van der Waals surface area contributed by atoms with Crippen LogP contribution in [0.4, 0.5) is 5.82 Å². The number of aryl methyl sites for hydroxylation is 2. The molecule has 34 heavy (non-hydrogen) atoms. The largest absolute Gasteiger partial charge is 0.478 e. The van der Waals surface area contributed by atoms with Crippen LogP contribution < -0.4 is 4.90 Å². The van der Waals surface area contributed by atoms with Crippen LogP contribution >= 0.6 is 12.4 Å². The zero-order valence-electron chi connectivity index (χ0n) is 20.0. The van der Waals surface area contributed by atoms with Crippen LogP contribution in [0.1, 0.15) is 52.4 Å². The third kappa shape index (κ3) is 6.37. The van der Waals surface area contributed by atoms with E-state index in [-0.39, 0.29) is 18.3 Å². The Bertz CT molecular complexity index is 1060.